The van der Waals surface area contributed by atoms with Crippen molar-refractivity contribution in [2.24, 2.45) is 23.7 Å². The normalized spacial score (nSPS) is 28.1. The van der Waals surface area contributed by atoms with Gasteiger partial charge in [0.25, 0.3) is 0 Å². The van der Waals surface area contributed by atoms with Crippen molar-refractivity contribution in [3.63, 3.8) is 0 Å². The molecule has 2 aliphatic carbocycles. The zero-order valence-electron chi connectivity index (χ0n) is 17.9. The predicted molar refractivity (Wildman–Crippen MR) is 114 cm³/mol. The molecule has 178 valence electrons. The molecule has 1 heterocycles. The van der Waals surface area contributed by atoms with Gasteiger partial charge in [-0.25, -0.2) is 8.42 Å². The first kappa shape index (κ1) is 23.8. The number of piperidine rings is 1. The molecule has 3 fully saturated rings. The van der Waals surface area contributed by atoms with Gasteiger partial charge in [0.15, 0.2) is 0 Å². The SMILES string of the molecule is C[C@@H](NC(=O)C1CCN(S(=O)(=O)c2ccc(Cl)c(C(F)(F)F)c2)CC1)[C@@H]1C[C@H]2CC[C@H]1C2. The molecule has 0 unspecified atom stereocenters. The Morgan fingerprint density at radius 2 is 1.84 bits per heavy atom. The van der Waals surface area contributed by atoms with E-state index >= 15 is 0 Å². The van der Waals surface area contributed by atoms with Gasteiger partial charge in [-0.3, -0.25) is 4.79 Å². The van der Waals surface area contributed by atoms with Crippen molar-refractivity contribution in [3.8, 4) is 0 Å². The van der Waals surface area contributed by atoms with Crippen molar-refractivity contribution in [2.75, 3.05) is 13.1 Å². The van der Waals surface area contributed by atoms with Crippen molar-refractivity contribution in [1.29, 1.82) is 0 Å². The number of carbonyl (C=O) groups is 1. The molecule has 2 saturated carbocycles. The van der Waals surface area contributed by atoms with E-state index in [4.69, 9.17) is 11.6 Å². The van der Waals surface area contributed by atoms with Crippen molar-refractivity contribution in [2.45, 2.75) is 62.6 Å². The van der Waals surface area contributed by atoms with Crippen LogP contribution in [0.4, 0.5) is 13.2 Å². The lowest BCUT2D eigenvalue weighted by Crippen LogP contribution is -2.47. The summed E-state index contributed by atoms with van der Waals surface area (Å²) >= 11 is 5.61. The Labute approximate surface area is 191 Å². The van der Waals surface area contributed by atoms with E-state index in [0.29, 0.717) is 30.7 Å². The number of amides is 1. The van der Waals surface area contributed by atoms with E-state index in [1.54, 1.807) is 0 Å². The molecule has 4 atom stereocenters. The van der Waals surface area contributed by atoms with Gasteiger partial charge in [0.2, 0.25) is 15.9 Å². The summed E-state index contributed by atoms with van der Waals surface area (Å²) in [6, 6.07) is 2.72. The molecule has 32 heavy (non-hydrogen) atoms. The largest absolute Gasteiger partial charge is 0.417 e. The third kappa shape index (κ3) is 4.66. The molecule has 2 bridgehead atoms. The molecular weight excluding hydrogens is 465 g/mol. The van der Waals surface area contributed by atoms with Gasteiger partial charge in [-0.05, 0) is 75.0 Å². The summed E-state index contributed by atoms with van der Waals surface area (Å²) in [6.07, 6.45) is 0.913. The van der Waals surface area contributed by atoms with Crippen molar-refractivity contribution in [3.05, 3.63) is 28.8 Å². The number of hydrogen-bond donors (Lipinski definition) is 1. The van der Waals surface area contributed by atoms with Crippen LogP contribution >= 0.6 is 11.6 Å². The molecule has 0 spiro atoms. The van der Waals surface area contributed by atoms with E-state index in [1.807, 2.05) is 0 Å². The number of carbonyl (C=O) groups excluding carboxylic acids is 1. The molecule has 1 aromatic rings. The first-order valence-corrected chi connectivity index (χ1v) is 13.0. The summed E-state index contributed by atoms with van der Waals surface area (Å²) in [5.41, 5.74) is -1.18. The average molecular weight is 493 g/mol. The monoisotopic (exact) mass is 492 g/mol. The molecule has 0 aromatic heterocycles. The Kier molecular flexibility index (Phi) is 6.55. The minimum atomic E-state index is -4.75. The van der Waals surface area contributed by atoms with E-state index in [9.17, 15) is 26.4 Å². The van der Waals surface area contributed by atoms with Crippen LogP contribution in [-0.4, -0.2) is 37.8 Å². The fourth-order valence-electron chi connectivity index (χ4n) is 5.75. The number of nitrogens with one attached hydrogen (secondary N) is 1. The molecule has 1 saturated heterocycles. The zero-order valence-corrected chi connectivity index (χ0v) is 19.4. The lowest BCUT2D eigenvalue weighted by atomic mass is 9.83. The summed E-state index contributed by atoms with van der Waals surface area (Å²) < 4.78 is 66.3. The number of benzene rings is 1. The summed E-state index contributed by atoms with van der Waals surface area (Å²) in [7, 11) is -4.11. The molecule has 10 heteroatoms. The molecule has 5 nitrogen and oxygen atoms in total. The maximum absolute atomic E-state index is 13.1. The minimum absolute atomic E-state index is 0.0526. The van der Waals surface area contributed by atoms with Crippen molar-refractivity contribution in [1.82, 2.24) is 9.62 Å². The predicted octanol–water partition coefficient (Wildman–Crippen LogP) is 4.70. The van der Waals surface area contributed by atoms with Gasteiger partial charge in [-0.2, -0.15) is 17.5 Å². The Balaban J connectivity index is 1.36. The van der Waals surface area contributed by atoms with Crippen LogP contribution in [0.25, 0.3) is 0 Å². The summed E-state index contributed by atoms with van der Waals surface area (Å²) in [4.78, 5) is 12.3. The fraction of sp³-hybridized carbons (Fsp3) is 0.682. The van der Waals surface area contributed by atoms with E-state index in [1.165, 1.54) is 25.7 Å². The third-order valence-corrected chi connectivity index (χ3v) is 9.73. The van der Waals surface area contributed by atoms with Crippen LogP contribution in [0.2, 0.25) is 5.02 Å². The van der Waals surface area contributed by atoms with Gasteiger partial charge in [0, 0.05) is 25.0 Å². The van der Waals surface area contributed by atoms with Crippen LogP contribution in [0.15, 0.2) is 23.1 Å². The van der Waals surface area contributed by atoms with E-state index in [0.717, 1.165) is 22.4 Å². The smallest absolute Gasteiger partial charge is 0.353 e. The maximum Gasteiger partial charge on any atom is 0.417 e. The van der Waals surface area contributed by atoms with Crippen LogP contribution < -0.4 is 5.32 Å². The topological polar surface area (TPSA) is 66.5 Å². The first-order valence-electron chi connectivity index (χ1n) is 11.1. The highest BCUT2D eigenvalue weighted by molar-refractivity contribution is 7.89. The van der Waals surface area contributed by atoms with Crippen LogP contribution in [-0.2, 0) is 21.0 Å². The summed E-state index contributed by atoms with van der Waals surface area (Å²) in [5.74, 6) is 1.67. The van der Waals surface area contributed by atoms with E-state index < -0.39 is 31.7 Å². The maximum atomic E-state index is 13.1. The van der Waals surface area contributed by atoms with Crippen LogP contribution in [0, 0.1) is 23.7 Å². The van der Waals surface area contributed by atoms with Crippen molar-refractivity contribution >= 4 is 27.5 Å². The third-order valence-electron chi connectivity index (χ3n) is 7.51. The van der Waals surface area contributed by atoms with Crippen LogP contribution in [0.3, 0.4) is 0 Å². The lowest BCUT2D eigenvalue weighted by molar-refractivity contribution is -0.137. The first-order chi connectivity index (χ1) is 15.0. The molecular formula is C22H28ClF3N2O3S. The second-order valence-electron chi connectivity index (χ2n) is 9.45. The second kappa shape index (κ2) is 8.80. The number of nitrogens with zero attached hydrogens (tertiary/aromatic N) is 1. The molecule has 3 aliphatic rings. The molecule has 1 aliphatic heterocycles. The quantitative estimate of drug-likeness (QED) is 0.648. The standard InChI is InChI=1S/C22H28ClF3N2O3S/c1-13(18-11-14-2-3-16(18)10-14)27-21(29)15-6-8-28(9-7-15)32(30,31)17-4-5-20(23)19(12-17)22(24,25)26/h4-5,12-16,18H,2-3,6-11H2,1H3,(H,27,29)/t13-,14+,16+,18+/m1/s1. The highest BCUT2D eigenvalue weighted by Crippen LogP contribution is 2.49. The molecule has 1 amide bonds. The van der Waals surface area contributed by atoms with Gasteiger partial charge >= 0.3 is 6.18 Å². The van der Waals surface area contributed by atoms with E-state index in [2.05, 4.69) is 12.2 Å². The van der Waals surface area contributed by atoms with Gasteiger partial charge in [-0.15, -0.1) is 0 Å². The molecule has 4 rings (SSSR count). The van der Waals surface area contributed by atoms with Gasteiger partial charge in [-0.1, -0.05) is 18.0 Å². The number of rotatable bonds is 5. The van der Waals surface area contributed by atoms with Gasteiger partial charge in [0.1, 0.15) is 0 Å². The average Bonchev–Trinajstić information content (AvgIpc) is 3.37. The van der Waals surface area contributed by atoms with Gasteiger partial charge in [0.05, 0.1) is 15.5 Å². The second-order valence-corrected chi connectivity index (χ2v) is 11.8. The number of alkyl halides is 3. The number of halogens is 4. The Morgan fingerprint density at radius 1 is 1.16 bits per heavy atom. The van der Waals surface area contributed by atoms with E-state index in [-0.39, 0.29) is 31.0 Å². The Bertz CT molecular complexity index is 977. The highest BCUT2D eigenvalue weighted by Gasteiger charge is 2.43. The number of sulfonamides is 1. The lowest BCUT2D eigenvalue weighted by Gasteiger charge is -2.33. The summed E-state index contributed by atoms with van der Waals surface area (Å²) in [6.45, 7) is 2.24. The minimum Gasteiger partial charge on any atom is -0.353 e. The molecule has 0 radical (unpaired) electrons. The zero-order chi connectivity index (χ0) is 23.3. The molecule has 1 N–H and O–H groups in total. The molecule has 1 aromatic carbocycles. The van der Waals surface area contributed by atoms with Crippen LogP contribution in [0.5, 0.6) is 0 Å². The van der Waals surface area contributed by atoms with Crippen LogP contribution in [0.1, 0.15) is 51.0 Å². The number of fused-ring (bicyclic) bond motifs is 2. The fourth-order valence-corrected chi connectivity index (χ4v) is 7.47. The highest BCUT2D eigenvalue weighted by atomic mass is 35.5. The number of hydrogen-bond acceptors (Lipinski definition) is 3. The Morgan fingerprint density at radius 3 is 2.41 bits per heavy atom. The van der Waals surface area contributed by atoms with Crippen molar-refractivity contribution < 1.29 is 26.4 Å². The summed E-state index contributed by atoms with van der Waals surface area (Å²) in [5, 5.41) is 2.60. The van der Waals surface area contributed by atoms with Gasteiger partial charge < -0.3 is 5.32 Å². The Hall–Kier alpha value is -1.32.